The fourth-order valence-electron chi connectivity index (χ4n) is 4.02. The zero-order chi connectivity index (χ0) is 23.0. The maximum atomic E-state index is 11.7. The smallest absolute Gasteiger partial charge is 0.332 e. The van der Waals surface area contributed by atoms with Crippen LogP contribution >= 0.6 is 11.3 Å². The lowest BCUT2D eigenvalue weighted by Gasteiger charge is -2.13. The van der Waals surface area contributed by atoms with E-state index in [2.05, 4.69) is 43.4 Å². The molecule has 0 fully saturated rings. The van der Waals surface area contributed by atoms with Gasteiger partial charge in [0.1, 0.15) is 23.1 Å². The first-order chi connectivity index (χ1) is 16.1. The van der Waals surface area contributed by atoms with Gasteiger partial charge in [0.05, 0.1) is 18.6 Å². The normalized spacial score (nSPS) is 13.2. The summed E-state index contributed by atoms with van der Waals surface area (Å²) in [6.07, 6.45) is 7.13. The van der Waals surface area contributed by atoms with Crippen molar-refractivity contribution in [1.82, 2.24) is 9.97 Å². The Morgan fingerprint density at radius 1 is 1.12 bits per heavy atom. The van der Waals surface area contributed by atoms with Crippen LogP contribution in [-0.2, 0) is 40.1 Å². The molecule has 4 rings (SSSR count). The number of carbonyl (C=O) groups is 1. The predicted octanol–water partition coefficient (Wildman–Crippen LogP) is 5.39. The van der Waals surface area contributed by atoms with Crippen LogP contribution in [0.4, 0.5) is 5.82 Å². The lowest BCUT2D eigenvalue weighted by atomic mass is 9.97. The van der Waals surface area contributed by atoms with Gasteiger partial charge in [0, 0.05) is 17.8 Å². The number of ether oxygens (including phenoxy) is 2. The molecule has 0 amide bonds. The first kappa shape index (κ1) is 23.6. The molecule has 0 saturated carbocycles. The number of anilines is 1. The lowest BCUT2D eigenvalue weighted by molar-refractivity contribution is -0.149. The number of thiophene rings is 1. The number of carbonyl (C=O) groups excluding carboxylic acids is 1. The Bertz CT molecular complexity index is 1080. The van der Waals surface area contributed by atoms with Gasteiger partial charge in [-0.05, 0) is 50.2 Å². The molecule has 6 nitrogen and oxygen atoms in total. The molecule has 0 unspecified atom stereocenters. The van der Waals surface area contributed by atoms with Crippen LogP contribution in [0.5, 0.6) is 0 Å². The Kier molecular flexibility index (Phi) is 8.29. The number of unbranched alkanes of at least 4 members (excludes halogenated alkanes) is 1. The highest BCUT2D eigenvalue weighted by atomic mass is 32.1. The Labute approximate surface area is 199 Å². The summed E-state index contributed by atoms with van der Waals surface area (Å²) in [5.41, 5.74) is 3.90. The van der Waals surface area contributed by atoms with E-state index in [-0.39, 0.29) is 12.6 Å². The van der Waals surface area contributed by atoms with Gasteiger partial charge in [-0.1, -0.05) is 43.2 Å². The predicted molar refractivity (Wildman–Crippen MR) is 133 cm³/mol. The van der Waals surface area contributed by atoms with E-state index in [0.717, 1.165) is 48.7 Å². The van der Waals surface area contributed by atoms with Gasteiger partial charge in [0.15, 0.2) is 0 Å². The second-order valence-electron chi connectivity index (χ2n) is 8.60. The molecule has 0 radical (unpaired) electrons. The molecule has 1 N–H and O–H groups in total. The second kappa shape index (κ2) is 11.6. The van der Waals surface area contributed by atoms with E-state index in [1.165, 1.54) is 39.8 Å². The lowest BCUT2D eigenvalue weighted by Crippen LogP contribution is -2.15. The molecule has 0 aliphatic heterocycles. The van der Waals surface area contributed by atoms with Gasteiger partial charge in [-0.2, -0.15) is 0 Å². The number of nitrogens with zero attached hydrogens (tertiary/aromatic N) is 2. The SMILES string of the molecule is CCCCOC(=O)COCCc1nc(NCc2ccc(C)cc2)c2c3c(sc2n1)CCCC3. The van der Waals surface area contributed by atoms with Crippen LogP contribution in [0.15, 0.2) is 24.3 Å². The van der Waals surface area contributed by atoms with Crippen molar-refractivity contribution in [1.29, 1.82) is 0 Å². The molecule has 3 aromatic rings. The van der Waals surface area contributed by atoms with E-state index in [4.69, 9.17) is 19.4 Å². The van der Waals surface area contributed by atoms with Crippen molar-refractivity contribution in [2.45, 2.75) is 65.3 Å². The molecule has 1 aromatic carbocycles. The number of esters is 1. The molecule has 176 valence electrons. The molecule has 2 heterocycles. The van der Waals surface area contributed by atoms with Crippen molar-refractivity contribution >= 4 is 33.3 Å². The summed E-state index contributed by atoms with van der Waals surface area (Å²) >= 11 is 1.80. The third kappa shape index (κ3) is 6.30. The Morgan fingerprint density at radius 3 is 2.76 bits per heavy atom. The maximum absolute atomic E-state index is 11.7. The summed E-state index contributed by atoms with van der Waals surface area (Å²) in [6, 6.07) is 8.57. The van der Waals surface area contributed by atoms with Crippen LogP contribution in [-0.4, -0.2) is 35.8 Å². The number of benzene rings is 1. The van der Waals surface area contributed by atoms with Gasteiger partial charge in [-0.15, -0.1) is 11.3 Å². The first-order valence-electron chi connectivity index (χ1n) is 12.0. The fraction of sp³-hybridized carbons (Fsp3) is 0.500. The van der Waals surface area contributed by atoms with Crippen molar-refractivity contribution in [2.24, 2.45) is 0 Å². The minimum absolute atomic E-state index is 0.0300. The molecular formula is C26H33N3O3S. The summed E-state index contributed by atoms with van der Waals surface area (Å²) in [5, 5.41) is 4.76. The number of hydrogen-bond donors (Lipinski definition) is 1. The molecule has 0 bridgehead atoms. The quantitative estimate of drug-likeness (QED) is 0.301. The highest BCUT2D eigenvalue weighted by Gasteiger charge is 2.21. The number of hydrogen-bond acceptors (Lipinski definition) is 7. The Balaban J connectivity index is 1.45. The van der Waals surface area contributed by atoms with E-state index < -0.39 is 0 Å². The molecule has 33 heavy (non-hydrogen) atoms. The van der Waals surface area contributed by atoms with Gasteiger partial charge in [-0.3, -0.25) is 0 Å². The van der Waals surface area contributed by atoms with Crippen LogP contribution < -0.4 is 5.32 Å². The van der Waals surface area contributed by atoms with Crippen molar-refractivity contribution in [3.05, 3.63) is 51.7 Å². The highest BCUT2D eigenvalue weighted by molar-refractivity contribution is 7.19. The van der Waals surface area contributed by atoms with Crippen molar-refractivity contribution in [3.63, 3.8) is 0 Å². The summed E-state index contributed by atoms with van der Waals surface area (Å²) in [7, 11) is 0. The van der Waals surface area contributed by atoms with Crippen LogP contribution in [0.2, 0.25) is 0 Å². The van der Waals surface area contributed by atoms with Crippen LogP contribution in [0.3, 0.4) is 0 Å². The second-order valence-corrected chi connectivity index (χ2v) is 9.68. The van der Waals surface area contributed by atoms with Gasteiger partial charge >= 0.3 is 5.97 Å². The van der Waals surface area contributed by atoms with Gasteiger partial charge in [0.25, 0.3) is 0 Å². The molecule has 7 heteroatoms. The fourth-order valence-corrected chi connectivity index (χ4v) is 5.30. The standard InChI is InChI=1S/C26H33N3O3S/c1-3-4-14-32-23(30)17-31-15-13-22-28-25(27-16-19-11-9-18(2)10-12-19)24-20-7-5-6-8-21(20)33-26(24)29-22/h9-12H,3-8,13-17H2,1-2H3,(H,27,28,29). The summed E-state index contributed by atoms with van der Waals surface area (Å²) < 4.78 is 10.7. The van der Waals surface area contributed by atoms with Crippen molar-refractivity contribution < 1.29 is 14.3 Å². The number of fused-ring (bicyclic) bond motifs is 3. The number of aryl methyl sites for hydroxylation is 3. The van der Waals surface area contributed by atoms with Crippen molar-refractivity contribution in [3.8, 4) is 0 Å². The van der Waals surface area contributed by atoms with Crippen molar-refractivity contribution in [2.75, 3.05) is 25.1 Å². The summed E-state index contributed by atoms with van der Waals surface area (Å²) in [5.74, 6) is 1.34. The Morgan fingerprint density at radius 2 is 1.94 bits per heavy atom. The molecule has 1 aliphatic rings. The van der Waals surface area contributed by atoms with E-state index in [1.54, 1.807) is 11.3 Å². The molecule has 2 aromatic heterocycles. The average Bonchev–Trinajstić information content (AvgIpc) is 3.20. The molecule has 0 spiro atoms. The minimum atomic E-state index is -0.314. The third-order valence-corrected chi connectivity index (χ3v) is 7.08. The molecular weight excluding hydrogens is 434 g/mol. The molecule has 0 atom stereocenters. The first-order valence-corrected chi connectivity index (χ1v) is 12.8. The van der Waals surface area contributed by atoms with Gasteiger partial charge in [0.2, 0.25) is 0 Å². The largest absolute Gasteiger partial charge is 0.464 e. The Hall–Kier alpha value is -2.51. The van der Waals surface area contributed by atoms with E-state index in [9.17, 15) is 4.79 Å². The molecule has 1 aliphatic carbocycles. The van der Waals surface area contributed by atoms with E-state index in [0.29, 0.717) is 19.6 Å². The van der Waals surface area contributed by atoms with Gasteiger partial charge < -0.3 is 14.8 Å². The monoisotopic (exact) mass is 467 g/mol. The number of rotatable bonds is 11. The minimum Gasteiger partial charge on any atom is -0.464 e. The third-order valence-electron chi connectivity index (χ3n) is 5.89. The summed E-state index contributed by atoms with van der Waals surface area (Å²) in [6.45, 7) is 5.69. The zero-order valence-electron chi connectivity index (χ0n) is 19.6. The highest BCUT2D eigenvalue weighted by Crippen LogP contribution is 2.38. The zero-order valence-corrected chi connectivity index (χ0v) is 20.4. The topological polar surface area (TPSA) is 73.3 Å². The number of nitrogens with one attached hydrogen (secondary N) is 1. The average molecular weight is 468 g/mol. The van der Waals surface area contributed by atoms with Crippen LogP contribution in [0.25, 0.3) is 10.2 Å². The van der Waals surface area contributed by atoms with E-state index in [1.807, 2.05) is 0 Å². The van der Waals surface area contributed by atoms with E-state index >= 15 is 0 Å². The summed E-state index contributed by atoms with van der Waals surface area (Å²) in [4.78, 5) is 24.0. The number of aromatic nitrogens is 2. The molecule has 0 saturated heterocycles. The van der Waals surface area contributed by atoms with Crippen LogP contribution in [0, 0.1) is 6.92 Å². The van der Waals surface area contributed by atoms with Gasteiger partial charge in [-0.25, -0.2) is 14.8 Å². The van der Waals surface area contributed by atoms with Crippen LogP contribution in [0.1, 0.15) is 60.0 Å². The maximum Gasteiger partial charge on any atom is 0.332 e.